The number of anilines is 1. The van der Waals surface area contributed by atoms with Crippen molar-refractivity contribution in [3.8, 4) is 0 Å². The number of urea groups is 1. The molecule has 3 aromatic carbocycles. The van der Waals surface area contributed by atoms with E-state index in [1.54, 1.807) is 24.3 Å². The number of hydrogen-bond acceptors (Lipinski definition) is 3. The Hall–Kier alpha value is -4.36. The number of nitrogens with one attached hydrogen (secondary N) is 2. The van der Waals surface area contributed by atoms with Crippen LogP contribution in [-0.4, -0.2) is 47.3 Å². The number of rotatable bonds is 8. The van der Waals surface area contributed by atoms with Crippen LogP contribution in [0.4, 0.5) is 10.5 Å². The third-order valence-electron chi connectivity index (χ3n) is 6.65. The van der Waals surface area contributed by atoms with Crippen molar-refractivity contribution >= 4 is 35.1 Å². The summed E-state index contributed by atoms with van der Waals surface area (Å²) in [6.07, 6.45) is 2.27. The normalized spacial score (nSPS) is 16.8. The summed E-state index contributed by atoms with van der Waals surface area (Å²) in [7, 11) is 0. The molecular weight excluding hydrogens is 500 g/mol. The summed E-state index contributed by atoms with van der Waals surface area (Å²) in [6.45, 7) is 3.98. The van der Waals surface area contributed by atoms with E-state index in [1.165, 1.54) is 9.80 Å². The first-order valence-corrected chi connectivity index (χ1v) is 12.7. The second-order valence-electron chi connectivity index (χ2n) is 9.23. The van der Waals surface area contributed by atoms with Crippen LogP contribution in [0.15, 0.2) is 103 Å². The van der Waals surface area contributed by atoms with E-state index in [0.29, 0.717) is 34.0 Å². The molecule has 0 radical (unpaired) electrons. The number of carbonyl (C=O) groups excluding carboxylic acids is 3. The van der Waals surface area contributed by atoms with Crippen molar-refractivity contribution in [2.45, 2.75) is 12.5 Å². The van der Waals surface area contributed by atoms with E-state index in [9.17, 15) is 14.4 Å². The molecule has 192 valence electrons. The summed E-state index contributed by atoms with van der Waals surface area (Å²) in [5, 5.41) is 6.39. The number of halogens is 1. The van der Waals surface area contributed by atoms with Crippen LogP contribution < -0.4 is 10.6 Å². The molecule has 4 amide bonds. The molecular formula is C30H27ClN4O3. The minimum Gasteiger partial charge on any atom is -0.326 e. The average molecular weight is 527 g/mol. The van der Waals surface area contributed by atoms with Crippen molar-refractivity contribution in [1.29, 1.82) is 0 Å². The average Bonchev–Trinajstić information content (AvgIpc) is 3.22. The highest BCUT2D eigenvalue weighted by molar-refractivity contribution is 6.30. The third kappa shape index (κ3) is 5.19. The van der Waals surface area contributed by atoms with Crippen LogP contribution in [0.25, 0.3) is 0 Å². The summed E-state index contributed by atoms with van der Waals surface area (Å²) < 4.78 is 0. The Morgan fingerprint density at radius 1 is 1.05 bits per heavy atom. The Kier molecular flexibility index (Phi) is 7.29. The Balaban J connectivity index is 1.35. The Labute approximate surface area is 226 Å². The maximum atomic E-state index is 13.6. The zero-order chi connectivity index (χ0) is 26.6. The second kappa shape index (κ2) is 10.9. The fourth-order valence-corrected chi connectivity index (χ4v) is 5.11. The Bertz CT molecular complexity index is 1440. The standard InChI is InChI=1S/C30H27ClN4O3/c1-2-15-35-25-18-34(29(37)27(25)28(33-30(35)38)22-12-8-13-23(31)17-22)19-26(36)32-24-14-7-6-11-21(24)16-20-9-4-3-5-10-20/h2-14,17,28H,1,15-16,18-19H2,(H,32,36)(H,33,38)/t28-/m1/s1. The number of carbonyl (C=O) groups is 3. The van der Waals surface area contributed by atoms with E-state index in [4.69, 9.17) is 11.6 Å². The molecule has 2 aliphatic rings. The van der Waals surface area contributed by atoms with Crippen LogP contribution >= 0.6 is 11.6 Å². The molecule has 2 aliphatic heterocycles. The second-order valence-corrected chi connectivity index (χ2v) is 9.66. The summed E-state index contributed by atoms with van der Waals surface area (Å²) in [6, 6.07) is 23.7. The zero-order valence-electron chi connectivity index (χ0n) is 20.7. The molecule has 0 bridgehead atoms. The molecule has 1 atom stereocenters. The summed E-state index contributed by atoms with van der Waals surface area (Å²) in [5.74, 6) is -0.612. The van der Waals surface area contributed by atoms with Gasteiger partial charge in [-0.2, -0.15) is 0 Å². The largest absolute Gasteiger partial charge is 0.326 e. The summed E-state index contributed by atoms with van der Waals surface area (Å²) in [4.78, 5) is 42.7. The van der Waals surface area contributed by atoms with E-state index in [-0.39, 0.29) is 37.5 Å². The molecule has 0 saturated heterocycles. The predicted octanol–water partition coefficient (Wildman–Crippen LogP) is 4.92. The molecule has 7 nitrogen and oxygen atoms in total. The van der Waals surface area contributed by atoms with Crippen LogP contribution in [-0.2, 0) is 16.0 Å². The third-order valence-corrected chi connectivity index (χ3v) is 6.89. The van der Waals surface area contributed by atoms with Crippen molar-refractivity contribution in [3.05, 3.63) is 125 Å². The van der Waals surface area contributed by atoms with Gasteiger partial charge in [0.15, 0.2) is 0 Å². The highest BCUT2D eigenvalue weighted by Gasteiger charge is 2.44. The topological polar surface area (TPSA) is 81.8 Å². The van der Waals surface area contributed by atoms with Crippen LogP contribution in [0, 0.1) is 0 Å². The quantitative estimate of drug-likeness (QED) is 0.409. The molecule has 0 saturated carbocycles. The molecule has 3 aromatic rings. The zero-order valence-corrected chi connectivity index (χ0v) is 21.4. The smallest absolute Gasteiger partial charge is 0.322 e. The van der Waals surface area contributed by atoms with Gasteiger partial charge >= 0.3 is 6.03 Å². The minimum atomic E-state index is -0.663. The van der Waals surface area contributed by atoms with Crippen molar-refractivity contribution < 1.29 is 14.4 Å². The molecule has 5 rings (SSSR count). The fourth-order valence-electron chi connectivity index (χ4n) is 4.91. The molecule has 2 N–H and O–H groups in total. The fraction of sp³-hybridized carbons (Fsp3) is 0.167. The number of hydrogen-bond donors (Lipinski definition) is 2. The molecule has 0 spiro atoms. The van der Waals surface area contributed by atoms with E-state index in [2.05, 4.69) is 17.2 Å². The van der Waals surface area contributed by atoms with E-state index in [0.717, 1.165) is 11.1 Å². The van der Waals surface area contributed by atoms with Gasteiger partial charge in [0.05, 0.1) is 23.9 Å². The van der Waals surface area contributed by atoms with Gasteiger partial charge in [0.1, 0.15) is 6.54 Å². The lowest BCUT2D eigenvalue weighted by molar-refractivity contribution is -0.130. The highest BCUT2D eigenvalue weighted by Crippen LogP contribution is 2.36. The van der Waals surface area contributed by atoms with E-state index < -0.39 is 6.04 Å². The molecule has 2 heterocycles. The lowest BCUT2D eigenvalue weighted by Crippen LogP contribution is -2.47. The van der Waals surface area contributed by atoms with Gasteiger partial charge in [-0.3, -0.25) is 14.5 Å². The van der Waals surface area contributed by atoms with Gasteiger partial charge < -0.3 is 15.5 Å². The monoisotopic (exact) mass is 526 g/mol. The Morgan fingerprint density at radius 3 is 2.58 bits per heavy atom. The predicted molar refractivity (Wildman–Crippen MR) is 148 cm³/mol. The summed E-state index contributed by atoms with van der Waals surface area (Å²) in [5.41, 5.74) is 4.52. The van der Waals surface area contributed by atoms with Gasteiger partial charge in [-0.25, -0.2) is 4.79 Å². The molecule has 0 fully saturated rings. The molecule has 0 aromatic heterocycles. The van der Waals surface area contributed by atoms with E-state index >= 15 is 0 Å². The number of benzene rings is 3. The van der Waals surface area contributed by atoms with Crippen molar-refractivity contribution in [2.75, 3.05) is 25.0 Å². The lowest BCUT2D eigenvalue weighted by Gasteiger charge is -2.33. The maximum Gasteiger partial charge on any atom is 0.322 e. The molecule has 8 heteroatoms. The summed E-state index contributed by atoms with van der Waals surface area (Å²) >= 11 is 6.20. The molecule has 0 aliphatic carbocycles. The maximum absolute atomic E-state index is 13.6. The van der Waals surface area contributed by atoms with Gasteiger partial charge in [0.2, 0.25) is 5.91 Å². The first-order valence-electron chi connectivity index (χ1n) is 12.3. The minimum absolute atomic E-state index is 0.144. The first-order chi connectivity index (χ1) is 18.4. The highest BCUT2D eigenvalue weighted by atomic mass is 35.5. The van der Waals surface area contributed by atoms with Gasteiger partial charge in [-0.1, -0.05) is 78.3 Å². The Morgan fingerprint density at radius 2 is 1.82 bits per heavy atom. The lowest BCUT2D eigenvalue weighted by atomic mass is 9.95. The number of para-hydroxylation sites is 1. The SMILES string of the molecule is C=CCN1C(=O)N[C@H](c2cccc(Cl)c2)C2=C1CN(CC(=O)Nc1ccccc1Cc1ccccc1)C2=O. The van der Waals surface area contributed by atoms with E-state index in [1.807, 2.05) is 60.7 Å². The van der Waals surface area contributed by atoms with Crippen molar-refractivity contribution in [2.24, 2.45) is 0 Å². The number of amides is 4. The molecule has 0 unspecified atom stereocenters. The van der Waals surface area contributed by atoms with Crippen molar-refractivity contribution in [1.82, 2.24) is 15.1 Å². The first kappa shape index (κ1) is 25.3. The molecule has 38 heavy (non-hydrogen) atoms. The van der Waals surface area contributed by atoms with Gasteiger partial charge in [-0.15, -0.1) is 6.58 Å². The van der Waals surface area contributed by atoms with Gasteiger partial charge in [-0.05, 0) is 41.3 Å². The van der Waals surface area contributed by atoms with Gasteiger partial charge in [0.25, 0.3) is 5.91 Å². The van der Waals surface area contributed by atoms with Gasteiger partial charge in [0, 0.05) is 17.3 Å². The number of nitrogens with zero attached hydrogens (tertiary/aromatic N) is 2. The van der Waals surface area contributed by atoms with Crippen LogP contribution in [0.2, 0.25) is 5.02 Å². The van der Waals surface area contributed by atoms with Crippen LogP contribution in [0.1, 0.15) is 22.7 Å². The van der Waals surface area contributed by atoms with Crippen LogP contribution in [0.3, 0.4) is 0 Å². The van der Waals surface area contributed by atoms with Crippen LogP contribution in [0.5, 0.6) is 0 Å². The van der Waals surface area contributed by atoms with Crippen molar-refractivity contribution in [3.63, 3.8) is 0 Å².